The number of benzene rings is 1. The number of hydrogen-bond donors (Lipinski definition) is 1. The average Bonchev–Trinajstić information content (AvgIpc) is 3.01. The Hall–Kier alpha value is -2.61. The molecule has 22 heavy (non-hydrogen) atoms. The summed E-state index contributed by atoms with van der Waals surface area (Å²) in [5, 5.41) is 6.48. The van der Waals surface area contributed by atoms with Crippen LogP contribution >= 0.6 is 0 Å². The molecule has 2 rings (SSSR count). The molecule has 0 aliphatic carbocycles. The van der Waals surface area contributed by atoms with E-state index in [1.54, 1.807) is 32.4 Å². The summed E-state index contributed by atoms with van der Waals surface area (Å²) in [5.74, 6) is 1.63. The number of amides is 1. The molecule has 1 N–H and O–H groups in total. The van der Waals surface area contributed by atoms with Crippen LogP contribution in [-0.2, 0) is 16.1 Å². The van der Waals surface area contributed by atoms with Crippen LogP contribution in [0.25, 0.3) is 11.4 Å². The van der Waals surface area contributed by atoms with E-state index in [1.165, 1.54) is 7.11 Å². The van der Waals surface area contributed by atoms with E-state index >= 15 is 0 Å². The van der Waals surface area contributed by atoms with Gasteiger partial charge in [0.2, 0.25) is 17.6 Å². The van der Waals surface area contributed by atoms with Gasteiger partial charge in [0.1, 0.15) is 6.61 Å². The fourth-order valence-electron chi connectivity index (χ4n) is 1.78. The molecule has 1 aromatic heterocycles. The summed E-state index contributed by atoms with van der Waals surface area (Å²) in [7, 11) is 4.56. The van der Waals surface area contributed by atoms with Crippen LogP contribution in [0.4, 0.5) is 0 Å². The second-order valence-corrected chi connectivity index (χ2v) is 4.29. The van der Waals surface area contributed by atoms with Crippen molar-refractivity contribution in [2.24, 2.45) is 0 Å². The highest BCUT2D eigenvalue weighted by Gasteiger charge is 2.12. The monoisotopic (exact) mass is 307 g/mol. The molecular formula is C14H17N3O5. The number of aromatic nitrogens is 2. The van der Waals surface area contributed by atoms with E-state index in [0.717, 1.165) is 5.56 Å². The Labute approximate surface area is 127 Å². The topological polar surface area (TPSA) is 95.7 Å². The largest absolute Gasteiger partial charge is 0.493 e. The summed E-state index contributed by atoms with van der Waals surface area (Å²) in [5.41, 5.74) is 0.718. The first-order valence-electron chi connectivity index (χ1n) is 6.48. The average molecular weight is 307 g/mol. The minimum absolute atomic E-state index is 0.0172. The van der Waals surface area contributed by atoms with Crippen LogP contribution in [0.1, 0.15) is 5.89 Å². The van der Waals surface area contributed by atoms with Crippen LogP contribution < -0.4 is 14.8 Å². The van der Waals surface area contributed by atoms with Gasteiger partial charge >= 0.3 is 0 Å². The molecule has 8 nitrogen and oxygen atoms in total. The Bertz CT molecular complexity index is 641. The van der Waals surface area contributed by atoms with Crippen molar-refractivity contribution >= 4 is 5.91 Å². The number of nitrogens with zero attached hydrogens (tertiary/aromatic N) is 2. The Morgan fingerprint density at radius 1 is 1.23 bits per heavy atom. The zero-order chi connectivity index (χ0) is 15.9. The molecule has 1 aromatic carbocycles. The molecule has 0 spiro atoms. The van der Waals surface area contributed by atoms with E-state index < -0.39 is 0 Å². The lowest BCUT2D eigenvalue weighted by Gasteiger charge is -2.07. The molecular weight excluding hydrogens is 290 g/mol. The number of methoxy groups -OCH3 is 3. The SMILES string of the molecule is COCC(=O)NCc1nc(-c2ccc(OC)c(OC)c2)no1. The number of carbonyl (C=O) groups excluding carboxylic acids is 1. The molecule has 0 saturated heterocycles. The standard InChI is InChI=1S/C14H17N3O5/c1-19-8-12(18)15-7-13-16-14(17-22-13)9-4-5-10(20-2)11(6-9)21-3/h4-6H,7-8H2,1-3H3,(H,15,18). The number of ether oxygens (including phenoxy) is 3. The van der Waals surface area contributed by atoms with Gasteiger partial charge in [0.25, 0.3) is 0 Å². The number of carbonyl (C=O) groups is 1. The molecule has 0 radical (unpaired) electrons. The highest BCUT2D eigenvalue weighted by atomic mass is 16.5. The molecule has 0 bridgehead atoms. The molecule has 0 aliphatic heterocycles. The first-order valence-corrected chi connectivity index (χ1v) is 6.48. The fraction of sp³-hybridized carbons (Fsp3) is 0.357. The van der Waals surface area contributed by atoms with Gasteiger partial charge in [-0.1, -0.05) is 5.16 Å². The van der Waals surface area contributed by atoms with E-state index in [9.17, 15) is 4.79 Å². The van der Waals surface area contributed by atoms with Gasteiger partial charge in [-0.15, -0.1) is 0 Å². The quantitative estimate of drug-likeness (QED) is 0.815. The molecule has 0 atom stereocenters. The Morgan fingerprint density at radius 2 is 2.00 bits per heavy atom. The maximum Gasteiger partial charge on any atom is 0.246 e. The van der Waals surface area contributed by atoms with E-state index in [1.807, 2.05) is 0 Å². The lowest BCUT2D eigenvalue weighted by Crippen LogP contribution is -2.26. The van der Waals surface area contributed by atoms with E-state index in [4.69, 9.17) is 18.7 Å². The summed E-state index contributed by atoms with van der Waals surface area (Å²) < 4.78 is 20.2. The van der Waals surface area contributed by atoms with Gasteiger partial charge in [0.05, 0.1) is 20.8 Å². The molecule has 1 heterocycles. The lowest BCUT2D eigenvalue weighted by atomic mass is 10.2. The van der Waals surface area contributed by atoms with Crippen LogP contribution in [0.2, 0.25) is 0 Å². The number of rotatable bonds is 7. The van der Waals surface area contributed by atoms with Crippen LogP contribution in [0.15, 0.2) is 22.7 Å². The molecule has 118 valence electrons. The molecule has 0 saturated carbocycles. The number of hydrogen-bond acceptors (Lipinski definition) is 7. The Morgan fingerprint density at radius 3 is 2.68 bits per heavy atom. The van der Waals surface area contributed by atoms with Crippen molar-refractivity contribution in [2.75, 3.05) is 27.9 Å². The van der Waals surface area contributed by atoms with Gasteiger partial charge in [0, 0.05) is 12.7 Å². The molecule has 2 aromatic rings. The summed E-state index contributed by atoms with van der Waals surface area (Å²) in [6, 6.07) is 5.29. The summed E-state index contributed by atoms with van der Waals surface area (Å²) in [6.45, 7) is 0.124. The minimum atomic E-state index is -0.256. The molecule has 8 heteroatoms. The molecule has 1 amide bonds. The summed E-state index contributed by atoms with van der Waals surface area (Å²) >= 11 is 0. The van der Waals surface area contributed by atoms with Crippen molar-refractivity contribution in [3.63, 3.8) is 0 Å². The van der Waals surface area contributed by atoms with Gasteiger partial charge < -0.3 is 24.1 Å². The van der Waals surface area contributed by atoms with Crippen LogP contribution in [-0.4, -0.2) is 44.0 Å². The Balaban J connectivity index is 2.09. The lowest BCUT2D eigenvalue weighted by molar-refractivity contribution is -0.125. The second kappa shape index (κ2) is 7.41. The molecule has 0 unspecified atom stereocenters. The summed E-state index contributed by atoms with van der Waals surface area (Å²) in [4.78, 5) is 15.5. The highest BCUT2D eigenvalue weighted by molar-refractivity contribution is 5.77. The maximum absolute atomic E-state index is 11.3. The predicted octanol–water partition coefficient (Wildman–Crippen LogP) is 1.02. The normalized spacial score (nSPS) is 10.3. The van der Waals surface area contributed by atoms with Crippen LogP contribution in [0.3, 0.4) is 0 Å². The van der Waals surface area contributed by atoms with Gasteiger partial charge in [-0.05, 0) is 18.2 Å². The van der Waals surface area contributed by atoms with Crippen molar-refractivity contribution < 1.29 is 23.5 Å². The smallest absolute Gasteiger partial charge is 0.246 e. The summed E-state index contributed by atoms with van der Waals surface area (Å²) in [6.07, 6.45) is 0. The van der Waals surface area contributed by atoms with Crippen LogP contribution in [0, 0.1) is 0 Å². The predicted molar refractivity (Wildman–Crippen MR) is 76.6 cm³/mol. The van der Waals surface area contributed by atoms with Gasteiger partial charge in [-0.2, -0.15) is 4.98 Å². The molecule has 0 aliphatic rings. The third-order valence-electron chi connectivity index (χ3n) is 2.82. The zero-order valence-electron chi connectivity index (χ0n) is 12.6. The first-order chi connectivity index (χ1) is 10.7. The Kier molecular flexibility index (Phi) is 5.31. The van der Waals surface area contributed by atoms with Gasteiger partial charge in [-0.25, -0.2) is 0 Å². The van der Waals surface area contributed by atoms with E-state index in [-0.39, 0.29) is 19.1 Å². The third-order valence-corrected chi connectivity index (χ3v) is 2.82. The third kappa shape index (κ3) is 3.73. The first kappa shape index (κ1) is 15.8. The second-order valence-electron chi connectivity index (χ2n) is 4.29. The van der Waals surface area contributed by atoms with Crippen molar-refractivity contribution in [2.45, 2.75) is 6.54 Å². The van der Waals surface area contributed by atoms with Gasteiger partial charge in [-0.3, -0.25) is 4.79 Å². The van der Waals surface area contributed by atoms with Gasteiger partial charge in [0.15, 0.2) is 11.5 Å². The van der Waals surface area contributed by atoms with Crippen LogP contribution in [0.5, 0.6) is 11.5 Å². The van der Waals surface area contributed by atoms with Crippen molar-refractivity contribution in [1.82, 2.24) is 15.5 Å². The highest BCUT2D eigenvalue weighted by Crippen LogP contribution is 2.31. The minimum Gasteiger partial charge on any atom is -0.493 e. The van der Waals surface area contributed by atoms with E-state index in [0.29, 0.717) is 23.2 Å². The van der Waals surface area contributed by atoms with Crippen molar-refractivity contribution in [1.29, 1.82) is 0 Å². The fourth-order valence-corrected chi connectivity index (χ4v) is 1.78. The number of nitrogens with one attached hydrogen (secondary N) is 1. The van der Waals surface area contributed by atoms with E-state index in [2.05, 4.69) is 15.5 Å². The van der Waals surface area contributed by atoms with Crippen molar-refractivity contribution in [3.8, 4) is 22.9 Å². The maximum atomic E-state index is 11.3. The molecule has 0 fully saturated rings. The zero-order valence-corrected chi connectivity index (χ0v) is 12.6. The van der Waals surface area contributed by atoms with Crippen molar-refractivity contribution in [3.05, 3.63) is 24.1 Å².